The second-order valence-electron chi connectivity index (χ2n) is 5.26. The number of halogens is 2. The number of nitrogens with zero attached hydrogens (tertiary/aromatic N) is 4. The molecule has 25 heavy (non-hydrogen) atoms. The number of aromatic nitrogens is 4. The van der Waals surface area contributed by atoms with Gasteiger partial charge in [-0.3, -0.25) is 0 Å². The van der Waals surface area contributed by atoms with E-state index in [-0.39, 0.29) is 15.8 Å². The highest BCUT2D eigenvalue weighted by atomic mass is 35.5. The predicted octanol–water partition coefficient (Wildman–Crippen LogP) is 4.57. The monoisotopic (exact) mass is 371 g/mol. The highest BCUT2D eigenvalue weighted by Crippen LogP contribution is 2.36. The summed E-state index contributed by atoms with van der Waals surface area (Å²) in [6, 6.07) is 12.8. The Hall–Kier alpha value is -2.83. The van der Waals surface area contributed by atoms with Crippen LogP contribution in [0.5, 0.6) is 5.75 Å². The zero-order valence-corrected chi connectivity index (χ0v) is 14.2. The zero-order valence-electron chi connectivity index (χ0n) is 12.7. The first kappa shape index (κ1) is 15.7. The molecule has 0 bridgehead atoms. The Kier molecular flexibility index (Phi) is 3.91. The fraction of sp³-hybridized carbons (Fsp3) is 0. The molecular weight excluding hydrogens is 361 g/mol. The molecule has 0 amide bonds. The number of rotatable bonds is 3. The van der Waals surface area contributed by atoms with Crippen LogP contribution in [0.4, 0.5) is 11.5 Å². The molecule has 0 saturated carbocycles. The van der Waals surface area contributed by atoms with Crippen molar-refractivity contribution in [2.45, 2.75) is 0 Å². The molecule has 0 fully saturated rings. The average Bonchev–Trinajstić information content (AvgIpc) is 3.05. The molecule has 0 unspecified atom stereocenters. The van der Waals surface area contributed by atoms with Crippen molar-refractivity contribution < 1.29 is 5.11 Å². The van der Waals surface area contributed by atoms with Crippen molar-refractivity contribution in [2.75, 3.05) is 5.32 Å². The Bertz CT molecular complexity index is 1040. The van der Waals surface area contributed by atoms with Gasteiger partial charge in [-0.05, 0) is 24.3 Å². The Morgan fingerprint density at radius 3 is 2.44 bits per heavy atom. The van der Waals surface area contributed by atoms with Gasteiger partial charge in [0, 0.05) is 5.69 Å². The summed E-state index contributed by atoms with van der Waals surface area (Å²) in [5, 5.41) is 18.3. The van der Waals surface area contributed by atoms with Gasteiger partial charge in [-0.25, -0.2) is 14.6 Å². The fourth-order valence-electron chi connectivity index (χ4n) is 2.48. The fourth-order valence-corrected chi connectivity index (χ4v) is 2.96. The number of aromatic hydroxyl groups is 1. The number of nitrogens with one attached hydrogen (secondary N) is 1. The first-order valence-electron chi connectivity index (χ1n) is 7.32. The summed E-state index contributed by atoms with van der Waals surface area (Å²) in [6.07, 6.45) is 3.14. The Balaban J connectivity index is 1.78. The van der Waals surface area contributed by atoms with Gasteiger partial charge >= 0.3 is 0 Å². The molecule has 0 aliphatic heterocycles. The molecule has 4 aromatic rings. The van der Waals surface area contributed by atoms with E-state index in [9.17, 15) is 5.11 Å². The third-order valence-corrected chi connectivity index (χ3v) is 4.22. The molecule has 2 aromatic heterocycles. The number of benzene rings is 2. The summed E-state index contributed by atoms with van der Waals surface area (Å²) in [6.45, 7) is 0. The van der Waals surface area contributed by atoms with Crippen LogP contribution >= 0.6 is 23.2 Å². The number of hydrogen-bond donors (Lipinski definition) is 2. The summed E-state index contributed by atoms with van der Waals surface area (Å²) in [7, 11) is 0. The molecule has 0 aliphatic rings. The minimum Gasteiger partial charge on any atom is -0.505 e. The molecule has 0 saturated heterocycles. The molecule has 6 nitrogen and oxygen atoms in total. The van der Waals surface area contributed by atoms with E-state index in [2.05, 4.69) is 20.4 Å². The highest BCUT2D eigenvalue weighted by Gasteiger charge is 2.13. The quantitative estimate of drug-likeness (QED) is 0.515. The average molecular weight is 372 g/mol. The van der Waals surface area contributed by atoms with Gasteiger partial charge in [-0.1, -0.05) is 41.4 Å². The molecule has 2 N–H and O–H groups in total. The lowest BCUT2D eigenvalue weighted by Crippen LogP contribution is -1.99. The predicted molar refractivity (Wildman–Crippen MR) is 98.1 cm³/mol. The van der Waals surface area contributed by atoms with Crippen LogP contribution in [-0.4, -0.2) is 24.9 Å². The minimum atomic E-state index is -0.154. The number of anilines is 2. The van der Waals surface area contributed by atoms with Gasteiger partial charge in [0.15, 0.2) is 11.4 Å². The topological polar surface area (TPSA) is 75.9 Å². The second-order valence-corrected chi connectivity index (χ2v) is 6.08. The number of para-hydroxylation sites is 1. The van der Waals surface area contributed by atoms with Gasteiger partial charge in [-0.15, -0.1) is 0 Å². The Labute approximate surface area is 152 Å². The summed E-state index contributed by atoms with van der Waals surface area (Å²) in [4.78, 5) is 8.59. The van der Waals surface area contributed by atoms with E-state index in [1.165, 1.54) is 6.33 Å². The molecule has 2 aromatic carbocycles. The third-order valence-electron chi connectivity index (χ3n) is 3.65. The normalized spacial score (nSPS) is 11.0. The first-order valence-corrected chi connectivity index (χ1v) is 8.08. The third kappa shape index (κ3) is 2.86. The maximum Gasteiger partial charge on any atom is 0.168 e. The molecule has 0 aliphatic carbocycles. The summed E-state index contributed by atoms with van der Waals surface area (Å²) in [5.74, 6) is 0.406. The van der Waals surface area contributed by atoms with Crippen molar-refractivity contribution in [3.05, 3.63) is 65.0 Å². The van der Waals surface area contributed by atoms with Crippen LogP contribution in [0.15, 0.2) is 55.0 Å². The van der Waals surface area contributed by atoms with E-state index in [4.69, 9.17) is 23.2 Å². The standard InChI is InChI=1S/C17H11Cl2N5O/c18-13-6-10(7-14(19)15(13)25)23-16-12-8-22-24(17(12)21-9-20-16)11-4-2-1-3-5-11/h1-9,25H,(H,20,21,23). The molecular formula is C17H11Cl2N5O. The first-order chi connectivity index (χ1) is 12.1. The SMILES string of the molecule is Oc1c(Cl)cc(Nc2ncnc3c2cnn3-c2ccccc2)cc1Cl. The molecule has 124 valence electrons. The maximum atomic E-state index is 9.67. The van der Waals surface area contributed by atoms with Gasteiger partial charge in [0.05, 0.1) is 27.3 Å². The van der Waals surface area contributed by atoms with Crippen LogP contribution < -0.4 is 5.32 Å². The lowest BCUT2D eigenvalue weighted by atomic mass is 10.3. The maximum absolute atomic E-state index is 9.67. The van der Waals surface area contributed by atoms with Crippen molar-refractivity contribution in [2.24, 2.45) is 0 Å². The molecule has 0 spiro atoms. The largest absolute Gasteiger partial charge is 0.505 e. The van der Waals surface area contributed by atoms with E-state index in [0.29, 0.717) is 17.2 Å². The molecule has 4 rings (SSSR count). The summed E-state index contributed by atoms with van der Waals surface area (Å²) >= 11 is 11.9. The molecule has 8 heteroatoms. The van der Waals surface area contributed by atoms with Crippen molar-refractivity contribution in [1.29, 1.82) is 0 Å². The number of phenolic OH excluding ortho intramolecular Hbond substituents is 1. The van der Waals surface area contributed by atoms with Crippen LogP contribution in [0.3, 0.4) is 0 Å². The second kappa shape index (κ2) is 6.23. The molecule has 0 radical (unpaired) electrons. The van der Waals surface area contributed by atoms with Crippen molar-refractivity contribution in [1.82, 2.24) is 19.7 Å². The van der Waals surface area contributed by atoms with Crippen molar-refractivity contribution >= 4 is 45.7 Å². The van der Waals surface area contributed by atoms with Crippen LogP contribution in [0.25, 0.3) is 16.7 Å². The van der Waals surface area contributed by atoms with E-state index in [1.54, 1.807) is 23.0 Å². The van der Waals surface area contributed by atoms with E-state index in [0.717, 1.165) is 11.1 Å². The van der Waals surface area contributed by atoms with Crippen LogP contribution in [-0.2, 0) is 0 Å². The molecule has 2 heterocycles. The van der Waals surface area contributed by atoms with Gasteiger partial charge < -0.3 is 10.4 Å². The van der Waals surface area contributed by atoms with E-state index < -0.39 is 0 Å². The van der Waals surface area contributed by atoms with Gasteiger partial charge in [0.1, 0.15) is 12.1 Å². The number of fused-ring (bicyclic) bond motifs is 1. The van der Waals surface area contributed by atoms with Crippen LogP contribution in [0.2, 0.25) is 10.0 Å². The minimum absolute atomic E-state index is 0.153. The van der Waals surface area contributed by atoms with Crippen LogP contribution in [0.1, 0.15) is 0 Å². The Morgan fingerprint density at radius 2 is 1.72 bits per heavy atom. The van der Waals surface area contributed by atoms with E-state index >= 15 is 0 Å². The Morgan fingerprint density at radius 1 is 1.00 bits per heavy atom. The van der Waals surface area contributed by atoms with Gasteiger partial charge in [0.2, 0.25) is 0 Å². The van der Waals surface area contributed by atoms with Gasteiger partial charge in [-0.2, -0.15) is 5.10 Å². The number of phenols is 1. The van der Waals surface area contributed by atoms with Crippen molar-refractivity contribution in [3.63, 3.8) is 0 Å². The lowest BCUT2D eigenvalue weighted by molar-refractivity contribution is 0.476. The van der Waals surface area contributed by atoms with Crippen LogP contribution in [0, 0.1) is 0 Å². The lowest BCUT2D eigenvalue weighted by Gasteiger charge is -2.09. The van der Waals surface area contributed by atoms with E-state index in [1.807, 2.05) is 30.3 Å². The van der Waals surface area contributed by atoms with Crippen molar-refractivity contribution in [3.8, 4) is 11.4 Å². The summed E-state index contributed by atoms with van der Waals surface area (Å²) < 4.78 is 1.74. The number of hydrogen-bond acceptors (Lipinski definition) is 5. The zero-order chi connectivity index (χ0) is 17.4. The molecule has 0 atom stereocenters. The van der Waals surface area contributed by atoms with Gasteiger partial charge in [0.25, 0.3) is 0 Å². The summed E-state index contributed by atoms with van der Waals surface area (Å²) in [5.41, 5.74) is 2.16. The highest BCUT2D eigenvalue weighted by molar-refractivity contribution is 6.37. The smallest absolute Gasteiger partial charge is 0.168 e.